The Labute approximate surface area is 126 Å². The highest BCUT2D eigenvalue weighted by molar-refractivity contribution is 5.95. The van der Waals surface area contributed by atoms with E-state index < -0.39 is 0 Å². The van der Waals surface area contributed by atoms with Crippen LogP contribution in [0.1, 0.15) is 6.92 Å². The van der Waals surface area contributed by atoms with Gasteiger partial charge in [0.2, 0.25) is 0 Å². The van der Waals surface area contributed by atoms with E-state index in [0.29, 0.717) is 0 Å². The summed E-state index contributed by atoms with van der Waals surface area (Å²) >= 11 is 0. The van der Waals surface area contributed by atoms with Crippen molar-refractivity contribution in [2.75, 3.05) is 50.0 Å². The van der Waals surface area contributed by atoms with Gasteiger partial charge in [-0.2, -0.15) is 0 Å². The van der Waals surface area contributed by atoms with Crippen molar-refractivity contribution in [2.45, 2.75) is 6.92 Å². The molecule has 0 amide bonds. The van der Waals surface area contributed by atoms with Crippen LogP contribution in [-0.2, 0) is 0 Å². The zero-order chi connectivity index (χ0) is 14.7. The number of piperazine rings is 1. The molecule has 1 fully saturated rings. The summed E-state index contributed by atoms with van der Waals surface area (Å²) in [4.78, 5) is 9.21. The lowest BCUT2D eigenvalue weighted by atomic mass is 10.2. The number of rotatable bonds is 2. The molecule has 0 saturated carbocycles. The van der Waals surface area contributed by atoms with Crippen LogP contribution in [0.15, 0.2) is 41.0 Å². The van der Waals surface area contributed by atoms with E-state index in [-0.39, 0.29) is 0 Å². The zero-order valence-corrected chi connectivity index (χ0v) is 12.8. The van der Waals surface area contributed by atoms with Crippen molar-refractivity contribution >= 4 is 17.3 Å². The molecule has 5 nitrogen and oxygen atoms in total. The summed E-state index contributed by atoms with van der Waals surface area (Å²) in [5.74, 6) is 0.822. The number of hydrogen-bond acceptors (Lipinski definition) is 5. The molecule has 0 atom stereocenters. The molecule has 5 heteroatoms. The minimum Gasteiger partial charge on any atom is -0.369 e. The fourth-order valence-corrected chi connectivity index (χ4v) is 2.58. The Balaban J connectivity index is 1.60. The summed E-state index contributed by atoms with van der Waals surface area (Å²) in [6.07, 6.45) is 2.07. The van der Waals surface area contributed by atoms with Gasteiger partial charge in [0.05, 0.1) is 6.54 Å². The van der Waals surface area contributed by atoms with E-state index in [0.717, 1.165) is 50.1 Å². The smallest absolute Gasteiger partial charge is 0.200 e. The minimum atomic E-state index is 0.737. The lowest BCUT2D eigenvalue weighted by molar-refractivity contribution is 0.313. The van der Waals surface area contributed by atoms with E-state index >= 15 is 0 Å². The van der Waals surface area contributed by atoms with Crippen LogP contribution in [0.4, 0.5) is 11.4 Å². The second-order valence-electron chi connectivity index (χ2n) is 5.66. The molecule has 0 spiro atoms. The molecule has 0 aliphatic carbocycles. The van der Waals surface area contributed by atoms with E-state index in [9.17, 15) is 0 Å². The lowest BCUT2D eigenvalue weighted by Crippen LogP contribution is -2.44. The van der Waals surface area contributed by atoms with Gasteiger partial charge in [-0.25, -0.2) is 4.99 Å². The summed E-state index contributed by atoms with van der Waals surface area (Å²) < 4.78 is 0. The second-order valence-corrected chi connectivity index (χ2v) is 5.66. The van der Waals surface area contributed by atoms with Gasteiger partial charge in [-0.15, -0.1) is 0 Å². The molecule has 21 heavy (non-hydrogen) atoms. The standard InChI is InChI=1S/C16H23N5/c1-13-7-8-17-16(18-13)19-14-3-5-15(6-4-14)21-11-9-20(2)10-12-21/h3-7H,8-12H2,1-2H3,(H2,17,18,19). The third-order valence-corrected chi connectivity index (χ3v) is 3.96. The number of anilines is 2. The van der Waals surface area contributed by atoms with E-state index in [1.165, 1.54) is 5.69 Å². The maximum absolute atomic E-state index is 4.40. The van der Waals surface area contributed by atoms with Crippen molar-refractivity contribution in [3.8, 4) is 0 Å². The van der Waals surface area contributed by atoms with Gasteiger partial charge in [-0.3, -0.25) is 0 Å². The molecule has 2 heterocycles. The van der Waals surface area contributed by atoms with Crippen molar-refractivity contribution in [2.24, 2.45) is 4.99 Å². The predicted octanol–water partition coefficient (Wildman–Crippen LogP) is 1.71. The maximum atomic E-state index is 4.40. The first-order valence-corrected chi connectivity index (χ1v) is 7.49. The van der Waals surface area contributed by atoms with Crippen LogP contribution in [0.25, 0.3) is 0 Å². The van der Waals surface area contributed by atoms with Gasteiger partial charge in [0.25, 0.3) is 0 Å². The second kappa shape index (κ2) is 6.18. The van der Waals surface area contributed by atoms with Gasteiger partial charge in [0.1, 0.15) is 0 Å². The zero-order valence-electron chi connectivity index (χ0n) is 12.8. The summed E-state index contributed by atoms with van der Waals surface area (Å²) in [5.41, 5.74) is 3.50. The summed E-state index contributed by atoms with van der Waals surface area (Å²) in [6, 6.07) is 8.59. The highest BCUT2D eigenvalue weighted by Crippen LogP contribution is 2.19. The molecule has 0 radical (unpaired) electrons. The van der Waals surface area contributed by atoms with Crippen molar-refractivity contribution < 1.29 is 0 Å². The molecular weight excluding hydrogens is 262 g/mol. The van der Waals surface area contributed by atoms with Crippen LogP contribution >= 0.6 is 0 Å². The molecule has 3 rings (SSSR count). The molecular formula is C16H23N5. The predicted molar refractivity (Wildman–Crippen MR) is 89.0 cm³/mol. The van der Waals surface area contributed by atoms with Crippen molar-refractivity contribution in [3.05, 3.63) is 36.0 Å². The topological polar surface area (TPSA) is 42.9 Å². The van der Waals surface area contributed by atoms with Gasteiger partial charge >= 0.3 is 0 Å². The van der Waals surface area contributed by atoms with Gasteiger partial charge < -0.3 is 20.4 Å². The van der Waals surface area contributed by atoms with Gasteiger partial charge in [-0.05, 0) is 44.3 Å². The summed E-state index contributed by atoms with van der Waals surface area (Å²) in [6.45, 7) is 7.25. The van der Waals surface area contributed by atoms with E-state index in [1.54, 1.807) is 0 Å². The number of guanidine groups is 1. The average molecular weight is 285 g/mol. The van der Waals surface area contributed by atoms with Crippen LogP contribution in [0.3, 0.4) is 0 Å². The van der Waals surface area contributed by atoms with E-state index in [2.05, 4.69) is 62.8 Å². The van der Waals surface area contributed by atoms with Crippen LogP contribution in [0.5, 0.6) is 0 Å². The Morgan fingerprint density at radius 1 is 1.10 bits per heavy atom. The van der Waals surface area contributed by atoms with Crippen molar-refractivity contribution in [1.29, 1.82) is 0 Å². The molecule has 0 unspecified atom stereocenters. The number of nitrogens with zero attached hydrogens (tertiary/aromatic N) is 3. The number of benzene rings is 1. The number of allylic oxidation sites excluding steroid dienone is 1. The van der Waals surface area contributed by atoms with Crippen LogP contribution in [0, 0.1) is 0 Å². The Kier molecular flexibility index (Phi) is 4.10. The Hall–Kier alpha value is -2.01. The third kappa shape index (κ3) is 3.55. The van der Waals surface area contributed by atoms with Gasteiger partial charge in [0.15, 0.2) is 5.96 Å². The number of nitrogens with one attached hydrogen (secondary N) is 2. The molecule has 1 aromatic carbocycles. The molecule has 1 saturated heterocycles. The summed E-state index contributed by atoms with van der Waals surface area (Å²) in [5, 5.41) is 6.55. The van der Waals surface area contributed by atoms with Crippen LogP contribution in [0.2, 0.25) is 0 Å². The maximum Gasteiger partial charge on any atom is 0.200 e. The fraction of sp³-hybridized carbons (Fsp3) is 0.438. The third-order valence-electron chi connectivity index (χ3n) is 3.96. The molecule has 2 N–H and O–H groups in total. The monoisotopic (exact) mass is 285 g/mol. The van der Waals surface area contributed by atoms with Gasteiger partial charge in [0, 0.05) is 43.3 Å². The minimum absolute atomic E-state index is 0.737. The number of likely N-dealkylation sites (N-methyl/N-ethyl adjacent to an activating group) is 1. The molecule has 2 aliphatic heterocycles. The fourth-order valence-electron chi connectivity index (χ4n) is 2.58. The Bertz CT molecular complexity index is 538. The molecule has 0 aromatic heterocycles. The molecule has 1 aromatic rings. The molecule has 2 aliphatic rings. The highest BCUT2D eigenvalue weighted by atomic mass is 15.2. The summed E-state index contributed by atoms with van der Waals surface area (Å²) in [7, 11) is 2.18. The first-order valence-electron chi connectivity index (χ1n) is 7.49. The first-order chi connectivity index (χ1) is 10.2. The number of hydrogen-bond donors (Lipinski definition) is 2. The van der Waals surface area contributed by atoms with E-state index in [1.807, 2.05) is 6.92 Å². The van der Waals surface area contributed by atoms with Gasteiger partial charge in [-0.1, -0.05) is 0 Å². The first kappa shape index (κ1) is 13.9. The molecule has 0 bridgehead atoms. The average Bonchev–Trinajstić information content (AvgIpc) is 2.49. The van der Waals surface area contributed by atoms with Crippen LogP contribution in [-0.4, -0.2) is 50.6 Å². The van der Waals surface area contributed by atoms with Crippen LogP contribution < -0.4 is 15.5 Å². The lowest BCUT2D eigenvalue weighted by Gasteiger charge is -2.34. The highest BCUT2D eigenvalue weighted by Gasteiger charge is 2.14. The van der Waals surface area contributed by atoms with Crippen molar-refractivity contribution in [3.63, 3.8) is 0 Å². The largest absolute Gasteiger partial charge is 0.369 e. The SMILES string of the molecule is CC1=CCN=C(Nc2ccc(N3CCN(C)CC3)cc2)N1. The Morgan fingerprint density at radius 2 is 1.81 bits per heavy atom. The van der Waals surface area contributed by atoms with Crippen molar-refractivity contribution in [1.82, 2.24) is 10.2 Å². The Morgan fingerprint density at radius 3 is 2.48 bits per heavy atom. The van der Waals surface area contributed by atoms with E-state index in [4.69, 9.17) is 0 Å². The number of aliphatic imine (C=N–C) groups is 1. The molecule has 112 valence electrons. The quantitative estimate of drug-likeness (QED) is 0.868. The normalized spacial score (nSPS) is 19.6.